The number of ether oxygens (including phenoxy) is 1. The highest BCUT2D eigenvalue weighted by Crippen LogP contribution is 2.31. The molecule has 1 aliphatic carbocycles. The number of furan rings is 1. The molecule has 3 heteroatoms. The lowest BCUT2D eigenvalue weighted by atomic mass is 9.92. The molecule has 1 saturated heterocycles. The van der Waals surface area contributed by atoms with Gasteiger partial charge >= 0.3 is 0 Å². The minimum Gasteiger partial charge on any atom is -0.469 e. The molecule has 2 atom stereocenters. The first-order valence-electron chi connectivity index (χ1n) is 6.83. The van der Waals surface area contributed by atoms with Gasteiger partial charge in [-0.25, -0.2) is 0 Å². The average molecular weight is 235 g/mol. The molecule has 0 spiro atoms. The van der Waals surface area contributed by atoms with E-state index in [2.05, 4.69) is 11.4 Å². The molecule has 0 radical (unpaired) electrons. The summed E-state index contributed by atoms with van der Waals surface area (Å²) in [5.41, 5.74) is 1.39. The van der Waals surface area contributed by atoms with Crippen LogP contribution < -0.4 is 5.32 Å². The Morgan fingerprint density at radius 1 is 1.12 bits per heavy atom. The Bertz CT molecular complexity index is 353. The maximum Gasteiger partial charge on any atom is 0.108 e. The molecule has 3 rings (SSSR count). The van der Waals surface area contributed by atoms with Crippen molar-refractivity contribution in [2.45, 2.75) is 50.6 Å². The molecule has 2 aliphatic rings. The van der Waals surface area contributed by atoms with Gasteiger partial charge in [-0.15, -0.1) is 0 Å². The zero-order valence-corrected chi connectivity index (χ0v) is 10.3. The fourth-order valence-corrected chi connectivity index (χ4v) is 3.01. The third-order valence-corrected chi connectivity index (χ3v) is 3.94. The van der Waals surface area contributed by atoms with E-state index < -0.39 is 0 Å². The van der Waals surface area contributed by atoms with E-state index in [9.17, 15) is 0 Å². The molecule has 1 aliphatic heterocycles. The third kappa shape index (κ3) is 2.55. The lowest BCUT2D eigenvalue weighted by molar-refractivity contribution is 0.142. The van der Waals surface area contributed by atoms with E-state index in [1.807, 2.05) is 6.26 Å². The van der Waals surface area contributed by atoms with Gasteiger partial charge in [0.05, 0.1) is 6.26 Å². The normalized spacial score (nSPS) is 29.6. The molecule has 17 heavy (non-hydrogen) atoms. The highest BCUT2D eigenvalue weighted by molar-refractivity contribution is 5.24. The van der Waals surface area contributed by atoms with Gasteiger partial charge in [0.1, 0.15) is 5.76 Å². The van der Waals surface area contributed by atoms with Crippen molar-refractivity contribution in [3.63, 3.8) is 0 Å². The first-order valence-corrected chi connectivity index (χ1v) is 6.83. The molecule has 2 unspecified atom stereocenters. The maximum atomic E-state index is 5.54. The number of nitrogens with one attached hydrogen (secondary N) is 1. The van der Waals surface area contributed by atoms with Crippen LogP contribution in [0, 0.1) is 0 Å². The molecule has 1 aromatic rings. The summed E-state index contributed by atoms with van der Waals surface area (Å²) in [4.78, 5) is 0. The summed E-state index contributed by atoms with van der Waals surface area (Å²) in [7, 11) is 0. The molecule has 1 N–H and O–H groups in total. The Kier molecular flexibility index (Phi) is 3.48. The predicted octanol–water partition coefficient (Wildman–Crippen LogP) is 2.82. The lowest BCUT2D eigenvalue weighted by Crippen LogP contribution is -2.34. The van der Waals surface area contributed by atoms with E-state index in [1.165, 1.54) is 37.0 Å². The van der Waals surface area contributed by atoms with Crippen molar-refractivity contribution >= 4 is 0 Å². The Morgan fingerprint density at radius 2 is 2.12 bits per heavy atom. The molecule has 94 valence electrons. The van der Waals surface area contributed by atoms with Crippen molar-refractivity contribution in [1.29, 1.82) is 0 Å². The summed E-state index contributed by atoms with van der Waals surface area (Å²) in [6.45, 7) is 1.84. The number of aryl methyl sites for hydroxylation is 1. The highest BCUT2D eigenvalue weighted by atomic mass is 16.5. The van der Waals surface area contributed by atoms with E-state index in [4.69, 9.17) is 9.15 Å². The van der Waals surface area contributed by atoms with Crippen LogP contribution in [0.2, 0.25) is 0 Å². The number of rotatable bonds is 2. The van der Waals surface area contributed by atoms with Crippen LogP contribution in [-0.2, 0) is 11.2 Å². The number of hydrogen-bond donors (Lipinski definition) is 1. The molecule has 1 fully saturated rings. The van der Waals surface area contributed by atoms with Crippen LogP contribution in [0.1, 0.15) is 49.5 Å². The van der Waals surface area contributed by atoms with Crippen LogP contribution in [0.15, 0.2) is 16.7 Å². The smallest absolute Gasteiger partial charge is 0.108 e. The number of fused-ring (bicyclic) bond motifs is 1. The molecule has 3 nitrogen and oxygen atoms in total. The van der Waals surface area contributed by atoms with Crippen LogP contribution in [0.5, 0.6) is 0 Å². The second-order valence-corrected chi connectivity index (χ2v) is 5.15. The van der Waals surface area contributed by atoms with E-state index in [0.29, 0.717) is 12.1 Å². The van der Waals surface area contributed by atoms with Crippen molar-refractivity contribution in [3.8, 4) is 0 Å². The Balaban J connectivity index is 1.65. The van der Waals surface area contributed by atoms with E-state index >= 15 is 0 Å². The zero-order chi connectivity index (χ0) is 11.5. The van der Waals surface area contributed by atoms with Crippen molar-refractivity contribution in [2.24, 2.45) is 0 Å². The lowest BCUT2D eigenvalue weighted by Gasteiger charge is -2.27. The van der Waals surface area contributed by atoms with Gasteiger partial charge in [0.2, 0.25) is 0 Å². The first kappa shape index (κ1) is 11.3. The van der Waals surface area contributed by atoms with Crippen LogP contribution in [-0.4, -0.2) is 19.3 Å². The van der Waals surface area contributed by atoms with Gasteiger partial charge in [0.25, 0.3) is 0 Å². The zero-order valence-electron chi connectivity index (χ0n) is 10.3. The van der Waals surface area contributed by atoms with Crippen LogP contribution >= 0.6 is 0 Å². The maximum absolute atomic E-state index is 5.54. The molecule has 0 saturated carbocycles. The van der Waals surface area contributed by atoms with Crippen LogP contribution in [0.4, 0.5) is 0 Å². The molecule has 1 aromatic heterocycles. The Hall–Kier alpha value is -0.800. The topological polar surface area (TPSA) is 34.4 Å². The van der Waals surface area contributed by atoms with E-state index in [0.717, 1.165) is 26.1 Å². The van der Waals surface area contributed by atoms with E-state index in [1.54, 1.807) is 0 Å². The monoisotopic (exact) mass is 235 g/mol. The summed E-state index contributed by atoms with van der Waals surface area (Å²) in [6, 6.07) is 3.25. The standard InChI is InChI=1S/C14H21NO2/c1-4-13(12-7-10-17-14(12)5-1)15-11-3-2-8-16-9-6-11/h7,10-11,13,15H,1-6,8-9H2. The summed E-state index contributed by atoms with van der Waals surface area (Å²) >= 11 is 0. The number of hydrogen-bond acceptors (Lipinski definition) is 3. The quantitative estimate of drug-likeness (QED) is 0.856. The minimum absolute atomic E-state index is 0.501. The molecule has 0 aromatic carbocycles. The van der Waals surface area contributed by atoms with Crippen LogP contribution in [0.25, 0.3) is 0 Å². The summed E-state index contributed by atoms with van der Waals surface area (Å²) in [6.07, 6.45) is 8.98. The van der Waals surface area contributed by atoms with Gasteiger partial charge in [-0.1, -0.05) is 0 Å². The summed E-state index contributed by atoms with van der Waals surface area (Å²) in [5, 5.41) is 3.80. The second kappa shape index (κ2) is 5.23. The fourth-order valence-electron chi connectivity index (χ4n) is 3.01. The SMILES string of the molecule is c1cc2c(o1)CCCC2NC1CCCOCC1. The van der Waals surface area contributed by atoms with Gasteiger partial charge in [-0.2, -0.15) is 0 Å². The molecule has 0 bridgehead atoms. The second-order valence-electron chi connectivity index (χ2n) is 5.15. The molecular weight excluding hydrogens is 214 g/mol. The first-order chi connectivity index (χ1) is 8.43. The van der Waals surface area contributed by atoms with Gasteiger partial charge in [-0.3, -0.25) is 0 Å². The van der Waals surface area contributed by atoms with Gasteiger partial charge in [0.15, 0.2) is 0 Å². The van der Waals surface area contributed by atoms with Crippen molar-refractivity contribution in [2.75, 3.05) is 13.2 Å². The van der Waals surface area contributed by atoms with Gasteiger partial charge < -0.3 is 14.5 Å². The highest BCUT2D eigenvalue weighted by Gasteiger charge is 2.25. The Morgan fingerprint density at radius 3 is 3.12 bits per heavy atom. The van der Waals surface area contributed by atoms with Crippen LogP contribution in [0.3, 0.4) is 0 Å². The third-order valence-electron chi connectivity index (χ3n) is 3.94. The van der Waals surface area contributed by atoms with E-state index in [-0.39, 0.29) is 0 Å². The van der Waals surface area contributed by atoms with Crippen molar-refractivity contribution in [3.05, 3.63) is 23.7 Å². The molecule has 2 heterocycles. The fraction of sp³-hybridized carbons (Fsp3) is 0.714. The van der Waals surface area contributed by atoms with Crippen molar-refractivity contribution < 1.29 is 9.15 Å². The summed E-state index contributed by atoms with van der Waals surface area (Å²) in [5.74, 6) is 1.19. The predicted molar refractivity (Wildman–Crippen MR) is 66.0 cm³/mol. The summed E-state index contributed by atoms with van der Waals surface area (Å²) < 4.78 is 11.0. The minimum atomic E-state index is 0.501. The van der Waals surface area contributed by atoms with Gasteiger partial charge in [-0.05, 0) is 38.2 Å². The van der Waals surface area contributed by atoms with Crippen molar-refractivity contribution in [1.82, 2.24) is 5.32 Å². The average Bonchev–Trinajstić information content (AvgIpc) is 2.69. The largest absolute Gasteiger partial charge is 0.469 e. The molecular formula is C14H21NO2. The molecule has 0 amide bonds. The van der Waals surface area contributed by atoms with Gasteiger partial charge in [0, 0.05) is 37.3 Å². The Labute approximate surface area is 103 Å².